The van der Waals surface area contributed by atoms with E-state index in [0.717, 1.165) is 34.6 Å². The Morgan fingerprint density at radius 3 is 2.21 bits per heavy atom. The zero-order chi connectivity index (χ0) is 19.8. The molecule has 0 aliphatic carbocycles. The Balaban J connectivity index is 1.72. The number of anilines is 1. The number of hydrogen-bond acceptors (Lipinski definition) is 2. The molecule has 28 heavy (non-hydrogen) atoms. The molecule has 0 saturated carbocycles. The molecule has 0 fully saturated rings. The fourth-order valence-corrected chi connectivity index (χ4v) is 4.87. The van der Waals surface area contributed by atoms with Crippen molar-refractivity contribution in [2.75, 3.05) is 11.9 Å². The van der Waals surface area contributed by atoms with E-state index in [1.165, 1.54) is 5.56 Å². The van der Waals surface area contributed by atoms with E-state index in [1.54, 1.807) is 0 Å². The van der Waals surface area contributed by atoms with Crippen LogP contribution in [-0.4, -0.2) is 10.8 Å². The Kier molecular flexibility index (Phi) is 7.21. The third-order valence-corrected chi connectivity index (χ3v) is 6.64. The first-order valence-electron chi connectivity index (χ1n) is 9.68. The molecule has 0 amide bonds. The van der Waals surface area contributed by atoms with Crippen LogP contribution in [-0.2, 0) is 17.2 Å². The molecule has 3 heteroatoms. The van der Waals surface area contributed by atoms with Crippen molar-refractivity contribution in [2.45, 2.75) is 29.9 Å². The number of para-hydroxylation sites is 1. The molecule has 0 spiro atoms. The third-order valence-electron chi connectivity index (χ3n) is 4.73. The molecule has 3 aromatic rings. The molecule has 0 aliphatic heterocycles. The van der Waals surface area contributed by atoms with Gasteiger partial charge in [-0.25, -0.2) is 0 Å². The minimum atomic E-state index is -1.13. The zero-order valence-electron chi connectivity index (χ0n) is 16.3. The second-order valence-corrected chi connectivity index (χ2v) is 8.47. The van der Waals surface area contributed by atoms with Gasteiger partial charge in [-0.15, -0.1) is 0 Å². The quantitative estimate of drug-likeness (QED) is 0.444. The number of nitrogens with one attached hydrogen (secondary N) is 1. The number of benzene rings is 3. The van der Waals surface area contributed by atoms with Crippen LogP contribution in [0.3, 0.4) is 0 Å². The Labute approximate surface area is 170 Å². The molecule has 0 bridgehead atoms. The van der Waals surface area contributed by atoms with E-state index in [1.807, 2.05) is 60.7 Å². The second-order valence-electron chi connectivity index (χ2n) is 6.87. The van der Waals surface area contributed by atoms with Gasteiger partial charge in [0.2, 0.25) is 0 Å². The average molecular weight is 390 g/mol. The summed E-state index contributed by atoms with van der Waals surface area (Å²) in [6.07, 6.45) is 1.66. The summed E-state index contributed by atoms with van der Waals surface area (Å²) in [5.41, 5.74) is 4.39. The van der Waals surface area contributed by atoms with Crippen molar-refractivity contribution in [1.82, 2.24) is 0 Å². The lowest BCUT2D eigenvalue weighted by Gasteiger charge is -2.18. The van der Waals surface area contributed by atoms with Crippen LogP contribution in [0.5, 0.6) is 0 Å². The van der Waals surface area contributed by atoms with Crippen LogP contribution in [0.1, 0.15) is 29.7 Å². The summed E-state index contributed by atoms with van der Waals surface area (Å²) >= 11 is 0. The smallest absolute Gasteiger partial charge is 0.0642 e. The molecule has 0 aromatic heterocycles. The average Bonchev–Trinajstić information content (AvgIpc) is 2.74. The van der Waals surface area contributed by atoms with Crippen molar-refractivity contribution in [1.29, 1.82) is 0 Å². The van der Waals surface area contributed by atoms with Crippen LogP contribution in [0, 0.1) is 0 Å². The van der Waals surface area contributed by atoms with E-state index < -0.39 is 10.8 Å². The van der Waals surface area contributed by atoms with Gasteiger partial charge in [0.25, 0.3) is 0 Å². The first-order chi connectivity index (χ1) is 13.7. The molecular formula is C25H27NOS. The van der Waals surface area contributed by atoms with E-state index >= 15 is 0 Å². The molecule has 3 aromatic carbocycles. The summed E-state index contributed by atoms with van der Waals surface area (Å²) in [4.78, 5) is 0.853. The SMILES string of the molecule is C=C(CNc1ccccc1[S@](=O)[C@H](CC)c1ccccc1)Cc1ccccc1. The summed E-state index contributed by atoms with van der Waals surface area (Å²) in [7, 11) is -1.13. The van der Waals surface area contributed by atoms with E-state index in [0.29, 0.717) is 6.54 Å². The first kappa shape index (κ1) is 20.1. The van der Waals surface area contributed by atoms with Crippen molar-refractivity contribution >= 4 is 16.5 Å². The van der Waals surface area contributed by atoms with Crippen molar-refractivity contribution in [3.8, 4) is 0 Å². The standard InChI is InChI=1S/C25H27NOS/c1-3-24(22-14-8-5-9-15-22)28(27)25-17-11-10-16-23(25)26-19-20(2)18-21-12-6-4-7-13-21/h4-17,24,26H,2-3,18-19H2,1H3/t24-,28-/m1/s1. The largest absolute Gasteiger partial charge is 0.380 e. The van der Waals surface area contributed by atoms with Crippen molar-refractivity contribution in [2.24, 2.45) is 0 Å². The summed E-state index contributed by atoms with van der Waals surface area (Å²) in [6, 6.07) is 28.4. The van der Waals surface area contributed by atoms with Crippen molar-refractivity contribution in [3.63, 3.8) is 0 Å². The third kappa shape index (κ3) is 5.20. The normalized spacial score (nSPS) is 12.9. The van der Waals surface area contributed by atoms with Gasteiger partial charge in [-0.1, -0.05) is 91.9 Å². The minimum Gasteiger partial charge on any atom is -0.380 e. The molecular weight excluding hydrogens is 362 g/mol. The zero-order valence-corrected chi connectivity index (χ0v) is 17.1. The lowest BCUT2D eigenvalue weighted by atomic mass is 10.1. The van der Waals surface area contributed by atoms with E-state index in [4.69, 9.17) is 0 Å². The summed E-state index contributed by atoms with van der Waals surface area (Å²) in [5.74, 6) is 0. The maximum absolute atomic E-state index is 13.4. The Morgan fingerprint density at radius 1 is 0.929 bits per heavy atom. The van der Waals surface area contributed by atoms with Crippen LogP contribution < -0.4 is 5.32 Å². The van der Waals surface area contributed by atoms with Crippen LogP contribution in [0.25, 0.3) is 0 Å². The summed E-state index contributed by atoms with van der Waals surface area (Å²) < 4.78 is 13.4. The molecule has 0 saturated heterocycles. The molecule has 0 heterocycles. The molecule has 2 atom stereocenters. The summed E-state index contributed by atoms with van der Waals surface area (Å²) in [5, 5.41) is 3.44. The van der Waals surface area contributed by atoms with Gasteiger partial charge in [0, 0.05) is 6.54 Å². The molecule has 3 rings (SSSR count). The fraction of sp³-hybridized carbons (Fsp3) is 0.200. The van der Waals surface area contributed by atoms with Gasteiger partial charge < -0.3 is 5.32 Å². The van der Waals surface area contributed by atoms with Gasteiger partial charge >= 0.3 is 0 Å². The minimum absolute atomic E-state index is 0.0170. The van der Waals surface area contributed by atoms with Gasteiger partial charge in [-0.05, 0) is 36.1 Å². The van der Waals surface area contributed by atoms with Crippen LogP contribution in [0.2, 0.25) is 0 Å². The fourth-order valence-electron chi connectivity index (χ4n) is 3.29. The highest BCUT2D eigenvalue weighted by Gasteiger charge is 2.20. The van der Waals surface area contributed by atoms with Crippen LogP contribution >= 0.6 is 0 Å². The monoisotopic (exact) mass is 389 g/mol. The number of hydrogen-bond donors (Lipinski definition) is 1. The Bertz CT molecular complexity index is 922. The Hall–Kier alpha value is -2.65. The lowest BCUT2D eigenvalue weighted by molar-refractivity contribution is 0.669. The van der Waals surface area contributed by atoms with Crippen molar-refractivity contribution < 1.29 is 4.21 Å². The highest BCUT2D eigenvalue weighted by Crippen LogP contribution is 2.31. The summed E-state index contributed by atoms with van der Waals surface area (Å²) in [6.45, 7) is 6.95. The molecule has 0 aliphatic rings. The second kappa shape index (κ2) is 10.0. The van der Waals surface area contributed by atoms with Gasteiger partial charge in [-0.3, -0.25) is 4.21 Å². The van der Waals surface area contributed by atoms with Gasteiger partial charge in [0.05, 0.1) is 26.6 Å². The van der Waals surface area contributed by atoms with E-state index in [2.05, 4.69) is 43.1 Å². The predicted octanol–water partition coefficient (Wildman–Crippen LogP) is 6.16. The molecule has 2 nitrogen and oxygen atoms in total. The van der Waals surface area contributed by atoms with Gasteiger partial charge in [-0.2, -0.15) is 0 Å². The highest BCUT2D eigenvalue weighted by molar-refractivity contribution is 7.85. The topological polar surface area (TPSA) is 29.1 Å². The molecule has 1 N–H and O–H groups in total. The van der Waals surface area contributed by atoms with Crippen molar-refractivity contribution in [3.05, 3.63) is 108 Å². The van der Waals surface area contributed by atoms with Crippen LogP contribution in [0.4, 0.5) is 5.69 Å². The molecule has 0 unspecified atom stereocenters. The highest BCUT2D eigenvalue weighted by atomic mass is 32.2. The van der Waals surface area contributed by atoms with E-state index in [9.17, 15) is 4.21 Å². The van der Waals surface area contributed by atoms with Gasteiger partial charge in [0.1, 0.15) is 0 Å². The predicted molar refractivity (Wildman–Crippen MR) is 120 cm³/mol. The maximum atomic E-state index is 13.4. The maximum Gasteiger partial charge on any atom is 0.0642 e. The van der Waals surface area contributed by atoms with E-state index in [-0.39, 0.29) is 5.25 Å². The van der Waals surface area contributed by atoms with Crippen LogP contribution in [0.15, 0.2) is 102 Å². The Morgan fingerprint density at radius 2 is 1.54 bits per heavy atom. The first-order valence-corrected chi connectivity index (χ1v) is 10.9. The lowest BCUT2D eigenvalue weighted by Crippen LogP contribution is -2.11. The van der Waals surface area contributed by atoms with Gasteiger partial charge in [0.15, 0.2) is 0 Å². The number of rotatable bonds is 9. The molecule has 0 radical (unpaired) electrons. The molecule has 144 valence electrons.